The lowest BCUT2D eigenvalue weighted by Gasteiger charge is -2.40. The Kier molecular flexibility index (Phi) is 5.54. The highest BCUT2D eigenvalue weighted by molar-refractivity contribution is 5.49. The van der Waals surface area contributed by atoms with E-state index in [2.05, 4.69) is 5.32 Å². The normalized spacial score (nSPS) is 25.3. The van der Waals surface area contributed by atoms with Gasteiger partial charge < -0.3 is 34.5 Å². The molecule has 0 saturated heterocycles. The minimum atomic E-state index is -0.799. The third-order valence-corrected chi connectivity index (χ3v) is 5.86. The summed E-state index contributed by atoms with van der Waals surface area (Å²) in [6, 6.07) is 9.10. The Morgan fingerprint density at radius 2 is 1.59 bits per heavy atom. The van der Waals surface area contributed by atoms with Gasteiger partial charge in [0, 0.05) is 35.1 Å². The number of benzene rings is 2. The Labute approximate surface area is 170 Å². The summed E-state index contributed by atoms with van der Waals surface area (Å²) >= 11 is 0. The average molecular weight is 401 g/mol. The molecule has 2 heterocycles. The average Bonchev–Trinajstić information content (AvgIpc) is 2.74. The van der Waals surface area contributed by atoms with Crippen molar-refractivity contribution in [1.82, 2.24) is 5.32 Å². The molecule has 0 aliphatic carbocycles. The fourth-order valence-corrected chi connectivity index (χ4v) is 4.24. The lowest BCUT2D eigenvalue weighted by molar-refractivity contribution is -0.0552. The lowest BCUT2D eigenvalue weighted by atomic mass is 9.77. The third kappa shape index (κ3) is 3.50. The topological polar surface area (TPSA) is 89.4 Å². The van der Waals surface area contributed by atoms with E-state index < -0.39 is 12.2 Å². The molecule has 2 aromatic carbocycles. The molecule has 0 bridgehead atoms. The van der Waals surface area contributed by atoms with Crippen LogP contribution in [0.1, 0.15) is 28.9 Å². The van der Waals surface area contributed by atoms with Gasteiger partial charge in [-0.3, -0.25) is 0 Å². The standard InChI is InChI=1S/C22H27NO6/c1-23-9-12-6-20-15(8-19(12)27-3)22(25)17(11-29-20)16-10-28-18-5-4-13(26-2)7-14(18)21(16)24/h4-8,16-17,21-25H,9-11H2,1-3H3/t16-,17+,21-,22+/m1/s1. The van der Waals surface area contributed by atoms with Crippen LogP contribution >= 0.6 is 0 Å². The van der Waals surface area contributed by atoms with E-state index in [9.17, 15) is 10.2 Å². The fourth-order valence-electron chi connectivity index (χ4n) is 4.24. The molecule has 2 aliphatic rings. The van der Waals surface area contributed by atoms with Gasteiger partial charge in [0.25, 0.3) is 0 Å². The minimum Gasteiger partial charge on any atom is -0.497 e. The smallest absolute Gasteiger partial charge is 0.125 e. The van der Waals surface area contributed by atoms with E-state index in [1.807, 2.05) is 19.2 Å². The molecular formula is C22H27NO6. The number of hydrogen-bond donors (Lipinski definition) is 3. The molecule has 2 aliphatic heterocycles. The second-order valence-corrected chi connectivity index (χ2v) is 7.48. The van der Waals surface area contributed by atoms with E-state index in [0.717, 1.165) is 5.56 Å². The lowest BCUT2D eigenvalue weighted by Crippen LogP contribution is -2.40. The summed E-state index contributed by atoms with van der Waals surface area (Å²) < 4.78 is 22.6. The summed E-state index contributed by atoms with van der Waals surface area (Å²) in [5.74, 6) is 1.99. The second kappa shape index (κ2) is 8.10. The Morgan fingerprint density at radius 3 is 2.21 bits per heavy atom. The number of ether oxygens (including phenoxy) is 4. The molecule has 0 unspecified atom stereocenters. The largest absolute Gasteiger partial charge is 0.497 e. The predicted molar refractivity (Wildman–Crippen MR) is 107 cm³/mol. The van der Waals surface area contributed by atoms with Crippen LogP contribution < -0.4 is 24.3 Å². The summed E-state index contributed by atoms with van der Waals surface area (Å²) in [6.45, 7) is 1.23. The van der Waals surface area contributed by atoms with Gasteiger partial charge in [-0.25, -0.2) is 0 Å². The molecule has 7 heteroatoms. The van der Waals surface area contributed by atoms with E-state index in [4.69, 9.17) is 18.9 Å². The van der Waals surface area contributed by atoms with Gasteiger partial charge in [0.1, 0.15) is 23.0 Å². The number of methoxy groups -OCH3 is 2. The van der Waals surface area contributed by atoms with Gasteiger partial charge in [0.05, 0.1) is 39.6 Å². The monoisotopic (exact) mass is 401 g/mol. The maximum absolute atomic E-state index is 11.1. The molecule has 2 aromatic rings. The molecule has 0 aromatic heterocycles. The first-order valence-electron chi connectivity index (χ1n) is 9.72. The van der Waals surface area contributed by atoms with Crippen LogP contribution in [0.4, 0.5) is 0 Å². The van der Waals surface area contributed by atoms with Gasteiger partial charge in [-0.1, -0.05) is 0 Å². The zero-order chi connectivity index (χ0) is 20.5. The highest BCUT2D eigenvalue weighted by Crippen LogP contribution is 2.47. The van der Waals surface area contributed by atoms with Crippen LogP contribution in [0.25, 0.3) is 0 Å². The third-order valence-electron chi connectivity index (χ3n) is 5.86. The maximum Gasteiger partial charge on any atom is 0.125 e. The minimum absolute atomic E-state index is 0.296. The molecule has 3 N–H and O–H groups in total. The highest BCUT2D eigenvalue weighted by Gasteiger charge is 2.42. The summed E-state index contributed by atoms with van der Waals surface area (Å²) in [5.41, 5.74) is 2.29. The van der Waals surface area contributed by atoms with Gasteiger partial charge >= 0.3 is 0 Å². The summed E-state index contributed by atoms with van der Waals surface area (Å²) in [5, 5.41) is 25.3. The number of aliphatic hydroxyl groups is 2. The van der Waals surface area contributed by atoms with Crippen LogP contribution in [-0.4, -0.2) is 44.7 Å². The molecular weight excluding hydrogens is 374 g/mol. The molecule has 156 valence electrons. The zero-order valence-corrected chi connectivity index (χ0v) is 16.8. The Morgan fingerprint density at radius 1 is 0.931 bits per heavy atom. The van der Waals surface area contributed by atoms with E-state index in [1.54, 1.807) is 32.4 Å². The van der Waals surface area contributed by atoms with Crippen molar-refractivity contribution in [2.45, 2.75) is 18.8 Å². The number of fused-ring (bicyclic) bond motifs is 2. The maximum atomic E-state index is 11.1. The first-order valence-corrected chi connectivity index (χ1v) is 9.72. The quantitative estimate of drug-likeness (QED) is 0.708. The van der Waals surface area contributed by atoms with Crippen molar-refractivity contribution in [1.29, 1.82) is 0 Å². The van der Waals surface area contributed by atoms with Gasteiger partial charge in [0.2, 0.25) is 0 Å². The van der Waals surface area contributed by atoms with Crippen LogP contribution in [0, 0.1) is 11.8 Å². The zero-order valence-electron chi connectivity index (χ0n) is 16.8. The fraction of sp³-hybridized carbons (Fsp3) is 0.455. The van der Waals surface area contributed by atoms with Crippen molar-refractivity contribution in [2.24, 2.45) is 11.8 Å². The first kappa shape index (κ1) is 19.8. The van der Waals surface area contributed by atoms with Crippen LogP contribution in [0.5, 0.6) is 23.0 Å². The van der Waals surface area contributed by atoms with E-state index in [-0.39, 0.29) is 11.8 Å². The molecule has 0 radical (unpaired) electrons. The molecule has 0 spiro atoms. The first-order chi connectivity index (χ1) is 14.1. The van der Waals surface area contributed by atoms with Crippen molar-refractivity contribution >= 4 is 0 Å². The van der Waals surface area contributed by atoms with E-state index >= 15 is 0 Å². The number of aliphatic hydroxyl groups excluding tert-OH is 2. The molecule has 0 amide bonds. The second-order valence-electron chi connectivity index (χ2n) is 7.48. The van der Waals surface area contributed by atoms with Crippen LogP contribution in [0.2, 0.25) is 0 Å². The van der Waals surface area contributed by atoms with Crippen molar-refractivity contribution in [3.63, 3.8) is 0 Å². The number of nitrogens with one attached hydrogen (secondary N) is 1. The van der Waals surface area contributed by atoms with Gasteiger partial charge in [-0.15, -0.1) is 0 Å². The predicted octanol–water partition coefficient (Wildman–Crippen LogP) is 2.21. The van der Waals surface area contributed by atoms with Crippen LogP contribution in [0.15, 0.2) is 30.3 Å². The Balaban J connectivity index is 1.63. The highest BCUT2D eigenvalue weighted by atomic mass is 16.5. The summed E-state index contributed by atoms with van der Waals surface area (Å²) in [4.78, 5) is 0. The van der Waals surface area contributed by atoms with Crippen LogP contribution in [-0.2, 0) is 6.54 Å². The van der Waals surface area contributed by atoms with E-state index in [1.165, 1.54) is 0 Å². The summed E-state index contributed by atoms with van der Waals surface area (Å²) in [7, 11) is 5.06. The van der Waals surface area contributed by atoms with E-state index in [0.29, 0.717) is 53.9 Å². The molecule has 0 saturated carbocycles. The Bertz CT molecular complexity index is 886. The van der Waals surface area contributed by atoms with Gasteiger partial charge in [0.15, 0.2) is 0 Å². The molecule has 29 heavy (non-hydrogen) atoms. The van der Waals surface area contributed by atoms with Gasteiger partial charge in [-0.05, 0) is 37.4 Å². The molecule has 7 nitrogen and oxygen atoms in total. The molecule has 4 rings (SSSR count). The van der Waals surface area contributed by atoms with Crippen molar-refractivity contribution in [2.75, 3.05) is 34.5 Å². The van der Waals surface area contributed by atoms with Crippen molar-refractivity contribution in [3.8, 4) is 23.0 Å². The Hall–Kier alpha value is -2.48. The van der Waals surface area contributed by atoms with Gasteiger partial charge in [-0.2, -0.15) is 0 Å². The van der Waals surface area contributed by atoms with Crippen molar-refractivity contribution < 1.29 is 29.2 Å². The number of rotatable bonds is 5. The summed E-state index contributed by atoms with van der Waals surface area (Å²) in [6.07, 6.45) is -1.59. The molecule has 4 atom stereocenters. The van der Waals surface area contributed by atoms with Crippen molar-refractivity contribution in [3.05, 3.63) is 47.0 Å². The molecule has 0 fully saturated rings. The SMILES string of the molecule is CNCc1cc2c(cc1OC)[C@H](O)[C@H]([C@H]1COc3ccc(OC)cc3[C@H]1O)CO2. The number of hydrogen-bond acceptors (Lipinski definition) is 7. The van der Waals surface area contributed by atoms with Crippen LogP contribution in [0.3, 0.4) is 0 Å².